The summed E-state index contributed by atoms with van der Waals surface area (Å²) >= 11 is 0. The summed E-state index contributed by atoms with van der Waals surface area (Å²) in [6.45, 7) is 6.37. The predicted molar refractivity (Wildman–Crippen MR) is 85.5 cm³/mol. The van der Waals surface area contributed by atoms with Crippen LogP contribution in [0, 0.1) is 6.92 Å². The van der Waals surface area contributed by atoms with Crippen molar-refractivity contribution in [2.45, 2.75) is 20.3 Å². The van der Waals surface area contributed by atoms with Gasteiger partial charge in [-0.05, 0) is 25.0 Å². The second-order valence-corrected chi connectivity index (χ2v) is 5.45. The van der Waals surface area contributed by atoms with Crippen LogP contribution in [-0.2, 0) is 0 Å². The lowest BCUT2D eigenvalue weighted by Gasteiger charge is -2.21. The quantitative estimate of drug-likeness (QED) is 0.882. The first-order valence-corrected chi connectivity index (χ1v) is 7.33. The topological polar surface area (TPSA) is 62.5 Å². The van der Waals surface area contributed by atoms with Gasteiger partial charge < -0.3 is 10.6 Å². The molecule has 0 aliphatic carbocycles. The van der Waals surface area contributed by atoms with E-state index in [0.29, 0.717) is 12.2 Å². The molecule has 2 aromatic rings. The molecule has 2 amide bonds. The Morgan fingerprint density at radius 2 is 2.14 bits per heavy atom. The van der Waals surface area contributed by atoms with Crippen LogP contribution in [0.4, 0.5) is 16.2 Å². The maximum absolute atomic E-state index is 12.6. The minimum Gasteiger partial charge on any atom is -0.397 e. The normalized spacial score (nSPS) is 15.2. The summed E-state index contributed by atoms with van der Waals surface area (Å²) in [4.78, 5) is 20.7. The van der Waals surface area contributed by atoms with Gasteiger partial charge in [0.05, 0.1) is 16.9 Å². The number of amides is 2. The molecule has 5 heteroatoms. The molecule has 5 nitrogen and oxygen atoms in total. The second kappa shape index (κ2) is 5.24. The first kappa shape index (κ1) is 13.7. The van der Waals surface area contributed by atoms with Crippen molar-refractivity contribution in [3.05, 3.63) is 30.0 Å². The summed E-state index contributed by atoms with van der Waals surface area (Å²) in [6.07, 6.45) is 2.77. The molecule has 0 spiro atoms. The third kappa shape index (κ3) is 2.18. The molecule has 1 fully saturated rings. The van der Waals surface area contributed by atoms with Gasteiger partial charge >= 0.3 is 6.03 Å². The first-order valence-electron chi connectivity index (χ1n) is 7.33. The molecule has 1 aliphatic rings. The summed E-state index contributed by atoms with van der Waals surface area (Å²) in [5.41, 5.74) is 9.36. The van der Waals surface area contributed by atoms with Crippen LogP contribution in [-0.4, -0.2) is 35.5 Å². The van der Waals surface area contributed by atoms with Crippen LogP contribution in [0.3, 0.4) is 0 Å². The van der Waals surface area contributed by atoms with E-state index in [0.717, 1.165) is 41.7 Å². The zero-order chi connectivity index (χ0) is 15.0. The highest BCUT2D eigenvalue weighted by atomic mass is 16.2. The summed E-state index contributed by atoms with van der Waals surface area (Å²) in [6, 6.07) is 5.81. The van der Waals surface area contributed by atoms with Crippen molar-refractivity contribution in [2.24, 2.45) is 0 Å². The number of carbonyl (C=O) groups excluding carboxylic acids is 1. The molecule has 1 aromatic heterocycles. The van der Waals surface area contributed by atoms with E-state index in [2.05, 4.69) is 11.9 Å². The van der Waals surface area contributed by atoms with Gasteiger partial charge in [-0.2, -0.15) is 0 Å². The molecule has 2 N–H and O–H groups in total. The first-order chi connectivity index (χ1) is 10.1. The van der Waals surface area contributed by atoms with Gasteiger partial charge in [-0.3, -0.25) is 9.88 Å². The lowest BCUT2D eigenvalue weighted by Crippen LogP contribution is -2.32. The summed E-state index contributed by atoms with van der Waals surface area (Å²) < 4.78 is 0. The van der Waals surface area contributed by atoms with E-state index in [1.165, 1.54) is 0 Å². The van der Waals surface area contributed by atoms with Crippen molar-refractivity contribution in [2.75, 3.05) is 30.3 Å². The Hall–Kier alpha value is -2.30. The highest BCUT2D eigenvalue weighted by molar-refractivity contribution is 6.06. The minimum atomic E-state index is 0.0786. The van der Waals surface area contributed by atoms with Gasteiger partial charge in [-0.15, -0.1) is 0 Å². The molecule has 0 unspecified atom stereocenters. The van der Waals surface area contributed by atoms with E-state index in [1.54, 1.807) is 6.20 Å². The molecule has 0 atom stereocenters. The number of aromatic nitrogens is 1. The van der Waals surface area contributed by atoms with E-state index >= 15 is 0 Å². The number of benzene rings is 1. The average molecular weight is 284 g/mol. The molecular weight excluding hydrogens is 264 g/mol. The Kier molecular flexibility index (Phi) is 3.41. The number of carbonyl (C=O) groups is 1. The Labute approximate surface area is 124 Å². The van der Waals surface area contributed by atoms with Crippen LogP contribution in [0.1, 0.15) is 18.9 Å². The van der Waals surface area contributed by atoms with E-state index in [9.17, 15) is 4.79 Å². The fourth-order valence-electron chi connectivity index (χ4n) is 2.96. The molecule has 1 aliphatic heterocycles. The monoisotopic (exact) mass is 284 g/mol. The van der Waals surface area contributed by atoms with Crippen molar-refractivity contribution < 1.29 is 4.79 Å². The molecule has 110 valence electrons. The zero-order valence-corrected chi connectivity index (χ0v) is 12.5. The molecule has 0 radical (unpaired) electrons. The minimum absolute atomic E-state index is 0.0786. The van der Waals surface area contributed by atoms with Crippen LogP contribution in [0.25, 0.3) is 10.9 Å². The lowest BCUT2D eigenvalue weighted by molar-refractivity contribution is 0.221. The van der Waals surface area contributed by atoms with Gasteiger partial charge in [0.2, 0.25) is 0 Å². The zero-order valence-electron chi connectivity index (χ0n) is 12.5. The molecule has 1 saturated heterocycles. The number of nitrogens with zero attached hydrogens (tertiary/aromatic N) is 3. The summed E-state index contributed by atoms with van der Waals surface area (Å²) in [5, 5.41) is 0.946. The van der Waals surface area contributed by atoms with Crippen molar-refractivity contribution in [3.63, 3.8) is 0 Å². The molecule has 1 aromatic carbocycles. The largest absolute Gasteiger partial charge is 0.397 e. The molecule has 0 saturated carbocycles. The summed E-state index contributed by atoms with van der Waals surface area (Å²) in [5.74, 6) is 0. The number of pyridine rings is 1. The van der Waals surface area contributed by atoms with Crippen molar-refractivity contribution in [3.8, 4) is 0 Å². The number of nitrogens with two attached hydrogens (primary N) is 1. The number of nitrogen functional groups attached to an aromatic ring is 1. The molecule has 3 rings (SSSR count). The Morgan fingerprint density at radius 3 is 2.90 bits per heavy atom. The standard InChI is InChI=1S/C16H20N4O/c1-3-7-19-8-9-20(16(19)21)15-11(2)10-18-14-12(15)5-4-6-13(14)17/h4-6,10H,3,7-9,17H2,1-2H3. The number of para-hydroxylation sites is 1. The van der Waals surface area contributed by atoms with E-state index < -0.39 is 0 Å². The summed E-state index contributed by atoms with van der Waals surface area (Å²) in [7, 11) is 0. The highest BCUT2D eigenvalue weighted by Crippen LogP contribution is 2.33. The van der Waals surface area contributed by atoms with Gasteiger partial charge in [0.1, 0.15) is 0 Å². The highest BCUT2D eigenvalue weighted by Gasteiger charge is 2.31. The number of hydrogen-bond donors (Lipinski definition) is 1. The van der Waals surface area contributed by atoms with E-state index in [-0.39, 0.29) is 6.03 Å². The second-order valence-electron chi connectivity index (χ2n) is 5.45. The maximum atomic E-state index is 12.6. The number of aryl methyl sites for hydroxylation is 1. The fraction of sp³-hybridized carbons (Fsp3) is 0.375. The van der Waals surface area contributed by atoms with Crippen LogP contribution in [0.5, 0.6) is 0 Å². The Bertz CT molecular complexity index is 698. The third-order valence-corrected chi connectivity index (χ3v) is 3.94. The number of rotatable bonds is 3. The van der Waals surface area contributed by atoms with Gasteiger partial charge in [-0.25, -0.2) is 4.79 Å². The van der Waals surface area contributed by atoms with Gasteiger partial charge in [0.15, 0.2) is 0 Å². The van der Waals surface area contributed by atoms with Crippen molar-refractivity contribution in [1.29, 1.82) is 0 Å². The van der Waals surface area contributed by atoms with Gasteiger partial charge in [0, 0.05) is 31.2 Å². The maximum Gasteiger partial charge on any atom is 0.324 e. The van der Waals surface area contributed by atoms with Crippen LogP contribution in [0.15, 0.2) is 24.4 Å². The third-order valence-electron chi connectivity index (χ3n) is 3.94. The Morgan fingerprint density at radius 1 is 1.33 bits per heavy atom. The Balaban J connectivity index is 2.11. The SMILES string of the molecule is CCCN1CCN(c2c(C)cnc3c(N)cccc23)C1=O. The number of urea groups is 1. The van der Waals surface area contributed by atoms with Crippen LogP contribution >= 0.6 is 0 Å². The number of anilines is 2. The van der Waals surface area contributed by atoms with Crippen molar-refractivity contribution in [1.82, 2.24) is 9.88 Å². The van der Waals surface area contributed by atoms with Crippen LogP contribution in [0.2, 0.25) is 0 Å². The predicted octanol–water partition coefficient (Wildman–Crippen LogP) is 2.78. The average Bonchev–Trinajstić information content (AvgIpc) is 2.81. The van der Waals surface area contributed by atoms with Gasteiger partial charge in [0.25, 0.3) is 0 Å². The molecule has 21 heavy (non-hydrogen) atoms. The molecule has 0 bridgehead atoms. The van der Waals surface area contributed by atoms with Gasteiger partial charge in [-0.1, -0.05) is 19.1 Å². The van der Waals surface area contributed by atoms with Crippen molar-refractivity contribution >= 4 is 28.3 Å². The van der Waals surface area contributed by atoms with E-state index in [4.69, 9.17) is 5.73 Å². The smallest absolute Gasteiger partial charge is 0.324 e. The number of hydrogen-bond acceptors (Lipinski definition) is 3. The molecule has 2 heterocycles. The number of fused-ring (bicyclic) bond motifs is 1. The van der Waals surface area contributed by atoms with Crippen LogP contribution < -0.4 is 10.6 Å². The van der Waals surface area contributed by atoms with E-state index in [1.807, 2.05) is 34.9 Å². The lowest BCUT2D eigenvalue weighted by atomic mass is 10.1. The fourth-order valence-corrected chi connectivity index (χ4v) is 2.96. The molecular formula is C16H20N4O.